The summed E-state index contributed by atoms with van der Waals surface area (Å²) in [5, 5.41) is 0. The maximum Gasteiger partial charge on any atom is 0.347 e. The van der Waals surface area contributed by atoms with Crippen molar-refractivity contribution in [2.75, 3.05) is 0 Å². The van der Waals surface area contributed by atoms with Crippen LogP contribution in [0.15, 0.2) is 12.2 Å². The summed E-state index contributed by atoms with van der Waals surface area (Å²) in [5.74, 6) is 2.35. The molecule has 0 aromatic carbocycles. The quantitative estimate of drug-likeness (QED) is 0.288. The first kappa shape index (κ1) is 11.8. The molecule has 0 aliphatic heterocycles. The summed E-state index contributed by atoms with van der Waals surface area (Å²) in [5.41, 5.74) is 0.463. The van der Waals surface area contributed by atoms with Crippen LogP contribution in [0.25, 0.3) is 0 Å². The first-order chi connectivity index (χ1) is 6.22. The fourth-order valence-corrected chi connectivity index (χ4v) is 0.615. The molecule has 0 radical (unpaired) electrons. The number of esters is 1. The number of unbranched alkanes of at least 4 members (excludes halogenated alkanes) is 2. The Hall–Kier alpha value is -1.23. The van der Waals surface area contributed by atoms with Gasteiger partial charge >= 0.3 is 5.97 Å². The third kappa shape index (κ3) is 5.98. The predicted molar refractivity (Wildman–Crippen MR) is 52.8 cm³/mol. The van der Waals surface area contributed by atoms with Crippen molar-refractivity contribution in [1.82, 2.24) is 0 Å². The standard InChI is InChI=1S/C11H16O2/c1-4-6-7-8-9-13-11(12)10(3)5-2/h3-7H2,1-2H3. The molecule has 0 aliphatic rings. The van der Waals surface area contributed by atoms with Crippen LogP contribution in [0.5, 0.6) is 0 Å². The Labute approximate surface area is 80.0 Å². The second-order valence-electron chi connectivity index (χ2n) is 2.73. The summed E-state index contributed by atoms with van der Waals surface area (Å²) < 4.78 is 4.64. The Bertz CT molecular complexity index is 230. The largest absolute Gasteiger partial charge is 0.369 e. The van der Waals surface area contributed by atoms with Crippen LogP contribution < -0.4 is 0 Å². The van der Waals surface area contributed by atoms with Gasteiger partial charge in [0.25, 0.3) is 0 Å². The van der Waals surface area contributed by atoms with Gasteiger partial charge in [0.1, 0.15) is 6.11 Å². The number of hydrogen-bond acceptors (Lipinski definition) is 2. The third-order valence-electron chi connectivity index (χ3n) is 1.59. The molecule has 2 nitrogen and oxygen atoms in total. The van der Waals surface area contributed by atoms with Gasteiger partial charge in [-0.1, -0.05) is 32.8 Å². The van der Waals surface area contributed by atoms with Crippen LogP contribution in [-0.4, -0.2) is 5.97 Å². The normalized spacial score (nSPS) is 8.46. The van der Waals surface area contributed by atoms with Crippen LogP contribution in [0.1, 0.15) is 39.5 Å². The zero-order valence-electron chi connectivity index (χ0n) is 8.35. The fourth-order valence-electron chi connectivity index (χ4n) is 0.615. The second-order valence-corrected chi connectivity index (χ2v) is 2.73. The third-order valence-corrected chi connectivity index (χ3v) is 1.59. The van der Waals surface area contributed by atoms with E-state index in [1.165, 1.54) is 0 Å². The van der Waals surface area contributed by atoms with Crippen LogP contribution in [0.3, 0.4) is 0 Å². The minimum Gasteiger partial charge on any atom is -0.369 e. The van der Waals surface area contributed by atoms with Gasteiger partial charge in [-0.15, -0.1) is 0 Å². The van der Waals surface area contributed by atoms with E-state index in [0.29, 0.717) is 12.0 Å². The summed E-state index contributed by atoms with van der Waals surface area (Å²) in [6.45, 7) is 7.49. The maximum atomic E-state index is 11.0. The first-order valence-electron chi connectivity index (χ1n) is 4.59. The monoisotopic (exact) mass is 180 g/mol. The minimum atomic E-state index is -0.411. The molecule has 0 fully saturated rings. The van der Waals surface area contributed by atoms with Crippen molar-refractivity contribution >= 4 is 5.97 Å². The first-order valence-corrected chi connectivity index (χ1v) is 4.59. The molecule has 0 unspecified atom stereocenters. The number of carbonyl (C=O) groups is 1. The van der Waals surface area contributed by atoms with Crippen molar-refractivity contribution < 1.29 is 9.53 Å². The maximum absolute atomic E-state index is 11.0. The average molecular weight is 180 g/mol. The van der Waals surface area contributed by atoms with Crippen LogP contribution in [0.2, 0.25) is 0 Å². The molecule has 72 valence electrons. The van der Waals surface area contributed by atoms with Crippen molar-refractivity contribution in [1.29, 1.82) is 0 Å². The molecule has 0 saturated heterocycles. The lowest BCUT2D eigenvalue weighted by Crippen LogP contribution is -2.01. The van der Waals surface area contributed by atoms with Crippen LogP contribution >= 0.6 is 0 Å². The van der Waals surface area contributed by atoms with Crippen LogP contribution in [0, 0.1) is 12.0 Å². The van der Waals surface area contributed by atoms with Crippen molar-refractivity contribution in [2.24, 2.45) is 0 Å². The van der Waals surface area contributed by atoms with Gasteiger partial charge in [0, 0.05) is 12.0 Å². The van der Waals surface area contributed by atoms with E-state index in [4.69, 9.17) is 0 Å². The Kier molecular flexibility index (Phi) is 6.72. The van der Waals surface area contributed by atoms with E-state index in [0.717, 1.165) is 19.3 Å². The lowest BCUT2D eigenvalue weighted by molar-refractivity contribution is -0.132. The fraction of sp³-hybridized carbons (Fsp3) is 0.545. The Morgan fingerprint density at radius 2 is 2.15 bits per heavy atom. The molecule has 0 saturated carbocycles. The summed E-state index contributed by atoms with van der Waals surface area (Å²) >= 11 is 0. The van der Waals surface area contributed by atoms with Gasteiger partial charge in [-0.2, -0.15) is 0 Å². The molecule has 0 bridgehead atoms. The lowest BCUT2D eigenvalue weighted by Gasteiger charge is -1.95. The molecule has 0 rings (SSSR count). The Morgan fingerprint density at radius 3 is 2.69 bits per heavy atom. The average Bonchev–Trinajstić information content (AvgIpc) is 2.16. The highest BCUT2D eigenvalue weighted by Crippen LogP contribution is 1.98. The molecule has 0 atom stereocenters. The highest BCUT2D eigenvalue weighted by molar-refractivity contribution is 5.88. The molecule has 0 aliphatic carbocycles. The van der Waals surface area contributed by atoms with Crippen molar-refractivity contribution in [3.8, 4) is 12.0 Å². The molecule has 0 spiro atoms. The van der Waals surface area contributed by atoms with Gasteiger partial charge in [-0.25, -0.2) is 4.79 Å². The van der Waals surface area contributed by atoms with Gasteiger partial charge in [-0.05, 0) is 12.8 Å². The number of rotatable bonds is 4. The van der Waals surface area contributed by atoms with E-state index in [-0.39, 0.29) is 0 Å². The Balaban J connectivity index is 3.66. The van der Waals surface area contributed by atoms with Crippen molar-refractivity contribution in [3.05, 3.63) is 12.2 Å². The molecular weight excluding hydrogens is 164 g/mol. The highest BCUT2D eigenvalue weighted by Gasteiger charge is 2.03. The zero-order valence-corrected chi connectivity index (χ0v) is 8.35. The van der Waals surface area contributed by atoms with Crippen LogP contribution in [0.4, 0.5) is 0 Å². The lowest BCUT2D eigenvalue weighted by atomic mass is 10.2. The zero-order chi connectivity index (χ0) is 10.1. The van der Waals surface area contributed by atoms with E-state index >= 15 is 0 Å². The van der Waals surface area contributed by atoms with Gasteiger partial charge in [0.15, 0.2) is 0 Å². The van der Waals surface area contributed by atoms with Gasteiger partial charge in [0.2, 0.25) is 0 Å². The molecular formula is C11H16O2. The minimum absolute atomic E-state index is 0.411. The van der Waals surface area contributed by atoms with E-state index < -0.39 is 5.97 Å². The molecule has 0 amide bonds. The molecule has 0 aromatic rings. The summed E-state index contributed by atoms with van der Waals surface area (Å²) in [6.07, 6.45) is 5.90. The smallest absolute Gasteiger partial charge is 0.347 e. The molecule has 0 aromatic heterocycles. The second kappa shape index (κ2) is 7.42. The molecule has 0 N–H and O–H groups in total. The molecule has 2 heteroatoms. The summed E-state index contributed by atoms with van der Waals surface area (Å²) in [4.78, 5) is 11.0. The predicted octanol–water partition coefficient (Wildman–Crippen LogP) is 2.65. The summed E-state index contributed by atoms with van der Waals surface area (Å²) in [7, 11) is 0. The van der Waals surface area contributed by atoms with Crippen molar-refractivity contribution in [2.45, 2.75) is 39.5 Å². The van der Waals surface area contributed by atoms with E-state index in [1.54, 1.807) is 0 Å². The van der Waals surface area contributed by atoms with Gasteiger partial charge < -0.3 is 4.74 Å². The van der Waals surface area contributed by atoms with Gasteiger partial charge in [-0.3, -0.25) is 0 Å². The Morgan fingerprint density at radius 1 is 1.46 bits per heavy atom. The number of carbonyl (C=O) groups excluding carboxylic acids is 1. The highest BCUT2D eigenvalue weighted by atomic mass is 16.5. The van der Waals surface area contributed by atoms with E-state index in [1.807, 2.05) is 6.92 Å². The molecule has 13 heavy (non-hydrogen) atoms. The topological polar surface area (TPSA) is 26.3 Å². The van der Waals surface area contributed by atoms with Gasteiger partial charge in [0.05, 0.1) is 0 Å². The van der Waals surface area contributed by atoms with E-state index in [2.05, 4.69) is 30.3 Å². The summed E-state index contributed by atoms with van der Waals surface area (Å²) in [6, 6.07) is 0. The van der Waals surface area contributed by atoms with Crippen LogP contribution in [-0.2, 0) is 9.53 Å². The van der Waals surface area contributed by atoms with E-state index in [9.17, 15) is 4.79 Å². The number of ether oxygens (including phenoxy) is 1. The SMILES string of the molecule is C=C(CC)C(=O)OC#CCCCC. The molecule has 0 heterocycles. The van der Waals surface area contributed by atoms with Crippen molar-refractivity contribution in [3.63, 3.8) is 0 Å². The number of hydrogen-bond donors (Lipinski definition) is 0.